The number of halogens is 2. The van der Waals surface area contributed by atoms with E-state index in [1.54, 1.807) is 6.20 Å². The number of aromatic nitrogens is 2. The number of aliphatic imine (C=N–C) groups is 1. The van der Waals surface area contributed by atoms with Gasteiger partial charge >= 0.3 is 0 Å². The summed E-state index contributed by atoms with van der Waals surface area (Å²) in [6.07, 6.45) is 6.14. The highest BCUT2D eigenvalue weighted by Gasteiger charge is 2.16. The first-order valence-corrected chi connectivity index (χ1v) is 7.17. The average molecular weight is 442 g/mol. The molecule has 7 heteroatoms. The number of rotatable bonds is 3. The van der Waals surface area contributed by atoms with Crippen LogP contribution in [-0.2, 0) is 6.54 Å². The van der Waals surface area contributed by atoms with Crippen molar-refractivity contribution in [3.63, 3.8) is 0 Å². The van der Waals surface area contributed by atoms with Crippen LogP contribution in [0.2, 0.25) is 0 Å². The summed E-state index contributed by atoms with van der Waals surface area (Å²) in [7, 11) is 0. The van der Waals surface area contributed by atoms with Gasteiger partial charge in [-0.3, -0.25) is 9.67 Å². The molecule has 0 aromatic carbocycles. The molecule has 0 amide bonds. The Morgan fingerprint density at radius 3 is 2.79 bits per heavy atom. The summed E-state index contributed by atoms with van der Waals surface area (Å²) in [5.41, 5.74) is 6.00. The second kappa shape index (κ2) is 8.08. The van der Waals surface area contributed by atoms with Crippen LogP contribution in [-0.4, -0.2) is 40.3 Å². The number of nitrogens with two attached hydrogens (primary N) is 1. The highest BCUT2D eigenvalue weighted by atomic mass is 127. The molecule has 0 unspecified atom stereocenters. The molecule has 0 aliphatic carbocycles. The minimum Gasteiger partial charge on any atom is -0.370 e. The maximum atomic E-state index is 6.00. The van der Waals surface area contributed by atoms with Gasteiger partial charge in [0.15, 0.2) is 5.96 Å². The van der Waals surface area contributed by atoms with Gasteiger partial charge in [-0.15, -0.1) is 24.0 Å². The fraction of sp³-hybridized carbons (Fsp3) is 0.667. The van der Waals surface area contributed by atoms with E-state index in [-0.39, 0.29) is 24.0 Å². The molecule has 2 N–H and O–H groups in total. The van der Waals surface area contributed by atoms with Crippen molar-refractivity contribution in [1.29, 1.82) is 0 Å². The van der Waals surface area contributed by atoms with Gasteiger partial charge in [0.25, 0.3) is 0 Å². The normalized spacial score (nSPS) is 17.4. The van der Waals surface area contributed by atoms with Crippen LogP contribution in [0.4, 0.5) is 0 Å². The minimum absolute atomic E-state index is 0. The van der Waals surface area contributed by atoms with Gasteiger partial charge in [-0.25, -0.2) is 0 Å². The lowest BCUT2D eigenvalue weighted by molar-refractivity contribution is 0.277. The monoisotopic (exact) mass is 441 g/mol. The van der Waals surface area contributed by atoms with E-state index in [1.807, 2.05) is 10.9 Å². The first kappa shape index (κ1) is 16.7. The number of hydrogen-bond acceptors (Lipinski definition) is 2. The number of guanidine groups is 1. The number of piperidine rings is 1. The average Bonchev–Trinajstić information content (AvgIpc) is 2.76. The van der Waals surface area contributed by atoms with Gasteiger partial charge in [0.05, 0.1) is 23.8 Å². The van der Waals surface area contributed by atoms with Crippen LogP contribution in [0, 0.1) is 5.92 Å². The molecule has 2 heterocycles. The zero-order chi connectivity index (χ0) is 13.0. The molecular weight excluding hydrogens is 421 g/mol. The van der Waals surface area contributed by atoms with Crippen molar-refractivity contribution in [2.75, 3.05) is 19.6 Å². The quantitative estimate of drug-likeness (QED) is 0.444. The van der Waals surface area contributed by atoms with Crippen molar-refractivity contribution in [3.05, 3.63) is 16.9 Å². The maximum Gasteiger partial charge on any atom is 0.191 e. The third-order valence-corrected chi connectivity index (χ3v) is 3.72. The van der Waals surface area contributed by atoms with Crippen molar-refractivity contribution in [3.8, 4) is 0 Å². The van der Waals surface area contributed by atoms with Gasteiger partial charge in [0.1, 0.15) is 0 Å². The fourth-order valence-corrected chi connectivity index (χ4v) is 2.39. The van der Waals surface area contributed by atoms with Crippen molar-refractivity contribution in [1.82, 2.24) is 14.7 Å². The Balaban J connectivity index is 0.00000180. The summed E-state index contributed by atoms with van der Waals surface area (Å²) < 4.78 is 2.85. The second-order valence-electron chi connectivity index (χ2n) is 4.83. The molecule has 1 aliphatic heterocycles. The lowest BCUT2D eigenvalue weighted by Crippen LogP contribution is -2.42. The second-order valence-corrected chi connectivity index (χ2v) is 5.75. The predicted molar refractivity (Wildman–Crippen MR) is 91.8 cm³/mol. The Hall–Kier alpha value is -0.310. The summed E-state index contributed by atoms with van der Waals surface area (Å²) >= 11 is 3.37. The van der Waals surface area contributed by atoms with Gasteiger partial charge in [0.2, 0.25) is 0 Å². The molecule has 0 spiro atoms. The summed E-state index contributed by atoms with van der Waals surface area (Å²) in [4.78, 5) is 6.60. The molecule has 0 bridgehead atoms. The lowest BCUT2D eigenvalue weighted by Gasteiger charge is -2.31. The molecule has 0 radical (unpaired) electrons. The first-order valence-electron chi connectivity index (χ1n) is 6.38. The SMILES string of the molecule is CC1CCN(C(N)=NCCn2cc(Br)cn2)CC1.I. The molecule has 5 nitrogen and oxygen atoms in total. The van der Waals surface area contributed by atoms with Crippen LogP contribution < -0.4 is 5.73 Å². The summed E-state index contributed by atoms with van der Waals surface area (Å²) in [5.74, 6) is 1.49. The molecule has 1 aromatic rings. The number of likely N-dealkylation sites (tertiary alicyclic amines) is 1. The Morgan fingerprint density at radius 2 is 2.21 bits per heavy atom. The van der Waals surface area contributed by atoms with E-state index < -0.39 is 0 Å². The Morgan fingerprint density at radius 1 is 1.53 bits per heavy atom. The van der Waals surface area contributed by atoms with Crippen molar-refractivity contribution < 1.29 is 0 Å². The Labute approximate surface area is 139 Å². The smallest absolute Gasteiger partial charge is 0.191 e. The van der Waals surface area contributed by atoms with Crippen molar-refractivity contribution in [2.24, 2.45) is 16.6 Å². The van der Waals surface area contributed by atoms with Crippen LogP contribution >= 0.6 is 39.9 Å². The molecule has 1 aliphatic rings. The molecule has 19 heavy (non-hydrogen) atoms. The van der Waals surface area contributed by atoms with Gasteiger partial charge in [0, 0.05) is 19.3 Å². The summed E-state index contributed by atoms with van der Waals surface area (Å²) in [6, 6.07) is 0. The van der Waals surface area contributed by atoms with Crippen LogP contribution in [0.25, 0.3) is 0 Å². The number of nitrogens with zero attached hydrogens (tertiary/aromatic N) is 4. The van der Waals surface area contributed by atoms with Crippen LogP contribution in [0.1, 0.15) is 19.8 Å². The topological polar surface area (TPSA) is 59.4 Å². The minimum atomic E-state index is 0. The third kappa shape index (κ3) is 5.29. The summed E-state index contributed by atoms with van der Waals surface area (Å²) in [5, 5.41) is 4.18. The van der Waals surface area contributed by atoms with Gasteiger partial charge in [-0.1, -0.05) is 6.92 Å². The lowest BCUT2D eigenvalue weighted by atomic mass is 10.00. The van der Waals surface area contributed by atoms with Crippen LogP contribution in [0.15, 0.2) is 21.9 Å². The van der Waals surface area contributed by atoms with E-state index >= 15 is 0 Å². The Kier molecular flexibility index (Phi) is 7.12. The molecule has 1 aromatic heterocycles. The molecule has 0 atom stereocenters. The van der Waals surface area contributed by atoms with Crippen molar-refractivity contribution in [2.45, 2.75) is 26.3 Å². The van der Waals surface area contributed by atoms with Gasteiger partial charge < -0.3 is 10.6 Å². The van der Waals surface area contributed by atoms with Gasteiger partial charge in [-0.05, 0) is 34.7 Å². The molecule has 0 saturated carbocycles. The summed E-state index contributed by atoms with van der Waals surface area (Å²) in [6.45, 7) is 5.79. The Bertz CT molecular complexity index is 412. The zero-order valence-electron chi connectivity index (χ0n) is 11.1. The molecule has 1 fully saturated rings. The molecule has 108 valence electrons. The molecular formula is C12H21BrIN5. The third-order valence-electron chi connectivity index (χ3n) is 3.31. The molecule has 1 saturated heterocycles. The first-order chi connectivity index (χ1) is 8.65. The van der Waals surface area contributed by atoms with Gasteiger partial charge in [-0.2, -0.15) is 5.10 Å². The largest absolute Gasteiger partial charge is 0.370 e. The van der Waals surface area contributed by atoms with E-state index in [1.165, 1.54) is 12.8 Å². The van der Waals surface area contributed by atoms with E-state index in [0.717, 1.165) is 30.0 Å². The van der Waals surface area contributed by atoms with Crippen molar-refractivity contribution >= 4 is 45.9 Å². The highest BCUT2D eigenvalue weighted by Crippen LogP contribution is 2.15. The highest BCUT2D eigenvalue weighted by molar-refractivity contribution is 14.0. The van der Waals surface area contributed by atoms with E-state index in [9.17, 15) is 0 Å². The molecule has 2 rings (SSSR count). The van der Waals surface area contributed by atoms with E-state index in [4.69, 9.17) is 5.73 Å². The maximum absolute atomic E-state index is 6.00. The number of hydrogen-bond donors (Lipinski definition) is 1. The standard InChI is InChI=1S/C12H20BrN5.HI/c1-10-2-5-17(6-3-10)12(14)15-4-7-18-9-11(13)8-16-18;/h8-10H,2-7H2,1H3,(H2,14,15);1H. The fourth-order valence-electron chi connectivity index (χ4n) is 2.07. The van der Waals surface area contributed by atoms with Crippen LogP contribution in [0.3, 0.4) is 0 Å². The predicted octanol–water partition coefficient (Wildman–Crippen LogP) is 2.31. The van der Waals surface area contributed by atoms with E-state index in [2.05, 4.69) is 37.8 Å². The van der Waals surface area contributed by atoms with Crippen LogP contribution in [0.5, 0.6) is 0 Å². The zero-order valence-corrected chi connectivity index (χ0v) is 15.0. The van der Waals surface area contributed by atoms with E-state index in [0.29, 0.717) is 12.5 Å².